The van der Waals surface area contributed by atoms with Crippen molar-refractivity contribution in [3.8, 4) is 0 Å². The number of amides is 1. The number of rotatable bonds is 4. The molecule has 1 saturated heterocycles. The van der Waals surface area contributed by atoms with Crippen molar-refractivity contribution in [2.45, 2.75) is 51.8 Å². The maximum absolute atomic E-state index is 13.2. The maximum Gasteiger partial charge on any atom is 0.349 e. The number of nitrogens with zero attached hydrogens (tertiary/aromatic N) is 4. The van der Waals surface area contributed by atoms with Gasteiger partial charge in [-0.15, -0.1) is 35.0 Å². The van der Waals surface area contributed by atoms with Crippen LogP contribution in [0.5, 0.6) is 0 Å². The Kier molecular flexibility index (Phi) is 8.65. The summed E-state index contributed by atoms with van der Waals surface area (Å²) < 4.78 is 12.8. The van der Waals surface area contributed by atoms with Crippen molar-refractivity contribution in [2.24, 2.45) is 0 Å². The minimum Gasteiger partial charge on any atom is -0.427 e. The Morgan fingerprint density at radius 2 is 2.00 bits per heavy atom. The molecule has 1 amide bonds. The highest BCUT2D eigenvalue weighted by molar-refractivity contribution is 5.95. The number of halogens is 2. The number of aryl methyl sites for hydroxylation is 1. The van der Waals surface area contributed by atoms with E-state index in [-0.39, 0.29) is 48.2 Å². The van der Waals surface area contributed by atoms with Crippen molar-refractivity contribution in [1.82, 2.24) is 25.0 Å². The predicted octanol–water partition coefficient (Wildman–Crippen LogP) is 2.21. The molecule has 2 aliphatic rings. The van der Waals surface area contributed by atoms with Crippen molar-refractivity contribution in [2.75, 3.05) is 26.7 Å². The van der Waals surface area contributed by atoms with Gasteiger partial charge in [0, 0.05) is 19.6 Å². The minimum absolute atomic E-state index is 0. The number of hydrogen-bond acceptors (Lipinski definition) is 7. The van der Waals surface area contributed by atoms with E-state index in [1.807, 2.05) is 17.6 Å². The maximum atomic E-state index is 13.2. The van der Waals surface area contributed by atoms with E-state index in [4.69, 9.17) is 9.15 Å². The van der Waals surface area contributed by atoms with Crippen LogP contribution in [-0.4, -0.2) is 52.3 Å². The van der Waals surface area contributed by atoms with Crippen LogP contribution >= 0.6 is 24.8 Å². The first-order chi connectivity index (χ1) is 14.0. The highest BCUT2D eigenvalue weighted by atomic mass is 35.5. The van der Waals surface area contributed by atoms with E-state index in [1.165, 1.54) is 0 Å². The third kappa shape index (κ3) is 4.95. The smallest absolute Gasteiger partial charge is 0.349 e. The van der Waals surface area contributed by atoms with Gasteiger partial charge < -0.3 is 23.9 Å². The second-order valence-corrected chi connectivity index (χ2v) is 7.89. The van der Waals surface area contributed by atoms with Crippen LogP contribution in [0.2, 0.25) is 0 Å². The Hall–Kier alpha value is -1.94. The molecule has 0 unspecified atom stereocenters. The highest BCUT2D eigenvalue weighted by Crippen LogP contribution is 2.27. The number of aromatic nitrogens is 3. The molecule has 0 aliphatic carbocycles. The fourth-order valence-electron chi connectivity index (χ4n) is 4.35. The van der Waals surface area contributed by atoms with Crippen molar-refractivity contribution < 1.29 is 13.9 Å². The van der Waals surface area contributed by atoms with Crippen LogP contribution in [0.3, 0.4) is 0 Å². The summed E-state index contributed by atoms with van der Waals surface area (Å²) in [6.45, 7) is 6.76. The summed E-state index contributed by atoms with van der Waals surface area (Å²) in [5.74, 6) is 2.02. The number of fused-ring (bicyclic) bond motifs is 1. The van der Waals surface area contributed by atoms with Gasteiger partial charge in [-0.3, -0.25) is 4.79 Å². The molecule has 1 N–H and O–H groups in total. The molecule has 0 aromatic carbocycles. The Balaban J connectivity index is 0.00000171. The molecule has 4 rings (SSSR count). The van der Waals surface area contributed by atoms with Crippen LogP contribution in [0.25, 0.3) is 0 Å². The molecular weight excluding hydrogens is 445 g/mol. The molecule has 4 heterocycles. The van der Waals surface area contributed by atoms with Gasteiger partial charge in [-0.1, -0.05) is 0 Å². The van der Waals surface area contributed by atoms with Crippen LogP contribution in [0.4, 0.5) is 0 Å². The third-order valence-electron chi connectivity index (χ3n) is 5.78. The molecule has 0 bridgehead atoms. The van der Waals surface area contributed by atoms with Crippen molar-refractivity contribution in [3.05, 3.63) is 45.0 Å². The van der Waals surface area contributed by atoms with Gasteiger partial charge in [-0.05, 0) is 51.4 Å². The van der Waals surface area contributed by atoms with Gasteiger partial charge in [-0.25, -0.2) is 4.79 Å². The lowest BCUT2D eigenvalue weighted by Gasteiger charge is -2.32. The van der Waals surface area contributed by atoms with E-state index in [0.29, 0.717) is 36.8 Å². The highest BCUT2D eigenvalue weighted by Gasteiger charge is 2.32. The van der Waals surface area contributed by atoms with E-state index in [2.05, 4.69) is 15.5 Å². The monoisotopic (exact) mass is 473 g/mol. The molecular formula is C20H29Cl2N5O4. The van der Waals surface area contributed by atoms with Crippen LogP contribution < -0.4 is 10.9 Å². The van der Waals surface area contributed by atoms with E-state index < -0.39 is 5.63 Å². The van der Waals surface area contributed by atoms with Gasteiger partial charge in [0.05, 0.1) is 12.6 Å². The zero-order valence-corrected chi connectivity index (χ0v) is 19.6. The average Bonchev–Trinajstić information content (AvgIpc) is 3.11. The number of piperidine rings is 1. The number of methoxy groups -OCH3 is 1. The SMILES string of the molecule is COCc1nnc2n1[C@@H](C)CN(C(=O)c1c(C)cc(C3CCNCC3)oc1=O)C2.Cl.Cl. The molecule has 1 atom stereocenters. The second kappa shape index (κ2) is 10.6. The molecule has 1 fully saturated rings. The molecule has 0 radical (unpaired) electrons. The Morgan fingerprint density at radius 3 is 2.65 bits per heavy atom. The fraction of sp³-hybridized carbons (Fsp3) is 0.600. The van der Waals surface area contributed by atoms with Crippen molar-refractivity contribution in [1.29, 1.82) is 0 Å². The molecule has 2 aliphatic heterocycles. The predicted molar refractivity (Wildman–Crippen MR) is 119 cm³/mol. The normalized spacial score (nSPS) is 18.7. The number of carbonyl (C=O) groups excluding carboxylic acids is 1. The number of carbonyl (C=O) groups is 1. The van der Waals surface area contributed by atoms with Crippen LogP contribution in [0.1, 0.15) is 65.1 Å². The average molecular weight is 474 g/mol. The van der Waals surface area contributed by atoms with Gasteiger partial charge in [0.15, 0.2) is 11.6 Å². The summed E-state index contributed by atoms with van der Waals surface area (Å²) in [5, 5.41) is 11.7. The van der Waals surface area contributed by atoms with E-state index in [1.54, 1.807) is 18.9 Å². The topological polar surface area (TPSA) is 102 Å². The molecule has 0 saturated carbocycles. The van der Waals surface area contributed by atoms with Crippen LogP contribution in [-0.2, 0) is 17.9 Å². The third-order valence-corrected chi connectivity index (χ3v) is 5.78. The number of nitrogens with one attached hydrogen (secondary N) is 1. The van der Waals surface area contributed by atoms with Gasteiger partial charge >= 0.3 is 5.63 Å². The standard InChI is InChI=1S/C20H27N5O4.2ClH/c1-12-8-15(14-4-6-21-7-5-14)29-20(27)18(12)19(26)24-9-13(2)25-16(10-24)22-23-17(25)11-28-3;;/h8,13-14,21H,4-7,9-11H2,1-3H3;2*1H/t13-;;/m0../s1. The fourth-order valence-corrected chi connectivity index (χ4v) is 4.35. The lowest BCUT2D eigenvalue weighted by atomic mass is 9.94. The second-order valence-electron chi connectivity index (χ2n) is 7.89. The van der Waals surface area contributed by atoms with Gasteiger partial charge in [0.25, 0.3) is 5.91 Å². The Labute approximate surface area is 193 Å². The lowest BCUT2D eigenvalue weighted by Crippen LogP contribution is -2.42. The zero-order chi connectivity index (χ0) is 20.5. The van der Waals surface area contributed by atoms with Crippen LogP contribution in [0, 0.1) is 6.92 Å². The zero-order valence-electron chi connectivity index (χ0n) is 17.9. The van der Waals surface area contributed by atoms with Gasteiger partial charge in [-0.2, -0.15) is 0 Å². The first-order valence-corrected chi connectivity index (χ1v) is 10.1. The summed E-state index contributed by atoms with van der Waals surface area (Å²) in [5.41, 5.74) is 0.225. The molecule has 9 nitrogen and oxygen atoms in total. The molecule has 172 valence electrons. The van der Waals surface area contributed by atoms with E-state index in [0.717, 1.165) is 31.8 Å². The largest absolute Gasteiger partial charge is 0.427 e. The van der Waals surface area contributed by atoms with Crippen molar-refractivity contribution in [3.63, 3.8) is 0 Å². The molecule has 11 heteroatoms. The first kappa shape index (κ1) is 25.3. The first-order valence-electron chi connectivity index (χ1n) is 10.1. The Morgan fingerprint density at radius 1 is 1.29 bits per heavy atom. The molecule has 2 aromatic rings. The summed E-state index contributed by atoms with van der Waals surface area (Å²) in [6.07, 6.45) is 1.86. The molecule has 31 heavy (non-hydrogen) atoms. The quantitative estimate of drug-likeness (QED) is 0.725. The molecule has 2 aromatic heterocycles. The van der Waals surface area contributed by atoms with Crippen LogP contribution in [0.15, 0.2) is 15.3 Å². The summed E-state index contributed by atoms with van der Waals surface area (Å²) in [4.78, 5) is 27.6. The lowest BCUT2D eigenvalue weighted by molar-refractivity contribution is 0.0669. The van der Waals surface area contributed by atoms with Crippen molar-refractivity contribution >= 4 is 30.7 Å². The summed E-state index contributed by atoms with van der Waals surface area (Å²) in [6, 6.07) is 1.85. The van der Waals surface area contributed by atoms with Gasteiger partial charge in [0.1, 0.15) is 17.9 Å². The van der Waals surface area contributed by atoms with E-state index >= 15 is 0 Å². The number of ether oxygens (including phenoxy) is 1. The number of hydrogen-bond donors (Lipinski definition) is 1. The van der Waals surface area contributed by atoms with E-state index in [9.17, 15) is 9.59 Å². The summed E-state index contributed by atoms with van der Waals surface area (Å²) >= 11 is 0. The Bertz CT molecular complexity index is 971. The van der Waals surface area contributed by atoms with Gasteiger partial charge in [0.2, 0.25) is 0 Å². The summed E-state index contributed by atoms with van der Waals surface area (Å²) in [7, 11) is 1.61. The minimum atomic E-state index is -0.553. The molecule has 0 spiro atoms.